The lowest BCUT2D eigenvalue weighted by atomic mass is 10.0. The summed E-state index contributed by atoms with van der Waals surface area (Å²) in [5.74, 6) is 1.18. The van der Waals surface area contributed by atoms with Crippen LogP contribution in [0.5, 0.6) is 0 Å². The number of carbonyl (C=O) groups excluding carboxylic acids is 1. The average Bonchev–Trinajstić information content (AvgIpc) is 2.35. The zero-order valence-electron chi connectivity index (χ0n) is 12.4. The van der Waals surface area contributed by atoms with Gasteiger partial charge in [-0.2, -0.15) is 0 Å². The van der Waals surface area contributed by atoms with Crippen LogP contribution in [0, 0.1) is 5.92 Å². The number of anilines is 1. The summed E-state index contributed by atoms with van der Waals surface area (Å²) in [6, 6.07) is 3.77. The van der Waals surface area contributed by atoms with Crippen molar-refractivity contribution in [2.24, 2.45) is 5.92 Å². The molecule has 0 fully saturated rings. The highest BCUT2D eigenvalue weighted by atomic mass is 16.1. The quantitative estimate of drug-likeness (QED) is 0.795. The zero-order chi connectivity index (χ0) is 14.3. The van der Waals surface area contributed by atoms with Gasteiger partial charge in [-0.25, -0.2) is 4.98 Å². The summed E-state index contributed by atoms with van der Waals surface area (Å²) in [6.07, 6.45) is 3.68. The van der Waals surface area contributed by atoms with Crippen molar-refractivity contribution in [1.29, 1.82) is 0 Å². The van der Waals surface area contributed by atoms with Crippen LogP contribution in [0.15, 0.2) is 18.3 Å². The molecule has 19 heavy (non-hydrogen) atoms. The van der Waals surface area contributed by atoms with Crippen LogP contribution in [-0.4, -0.2) is 23.5 Å². The van der Waals surface area contributed by atoms with Gasteiger partial charge in [0.15, 0.2) is 0 Å². The van der Waals surface area contributed by atoms with Crippen molar-refractivity contribution in [2.75, 3.05) is 11.9 Å². The first-order chi connectivity index (χ1) is 9.04. The van der Waals surface area contributed by atoms with E-state index in [1.807, 2.05) is 13.0 Å². The first-order valence-corrected chi connectivity index (χ1v) is 7.04. The normalized spacial score (nSPS) is 12.3. The van der Waals surface area contributed by atoms with Crippen molar-refractivity contribution in [1.82, 2.24) is 10.3 Å². The molecule has 0 saturated heterocycles. The molecule has 4 nitrogen and oxygen atoms in total. The van der Waals surface area contributed by atoms with E-state index in [1.54, 1.807) is 12.3 Å². The molecule has 0 saturated carbocycles. The maximum atomic E-state index is 12.2. The van der Waals surface area contributed by atoms with Crippen LogP contribution in [0.3, 0.4) is 0 Å². The average molecular weight is 263 g/mol. The molecule has 0 aromatic carbocycles. The molecule has 1 aromatic heterocycles. The van der Waals surface area contributed by atoms with Gasteiger partial charge in [-0.05, 0) is 37.8 Å². The maximum Gasteiger partial charge on any atom is 0.255 e. The summed E-state index contributed by atoms with van der Waals surface area (Å²) < 4.78 is 0. The Bertz CT molecular complexity index is 404. The highest BCUT2D eigenvalue weighted by molar-refractivity contribution is 5.98. The highest BCUT2D eigenvalue weighted by Crippen LogP contribution is 2.12. The van der Waals surface area contributed by atoms with E-state index in [9.17, 15) is 4.79 Å². The van der Waals surface area contributed by atoms with E-state index in [4.69, 9.17) is 0 Å². The van der Waals surface area contributed by atoms with Crippen molar-refractivity contribution in [3.05, 3.63) is 23.9 Å². The molecule has 1 rings (SSSR count). The van der Waals surface area contributed by atoms with Crippen molar-refractivity contribution in [2.45, 2.75) is 46.6 Å². The van der Waals surface area contributed by atoms with E-state index in [-0.39, 0.29) is 11.9 Å². The van der Waals surface area contributed by atoms with Crippen molar-refractivity contribution in [3.63, 3.8) is 0 Å². The number of carbonyl (C=O) groups is 1. The minimum atomic E-state index is -0.0557. The smallest absolute Gasteiger partial charge is 0.255 e. The number of nitrogens with zero attached hydrogens (tertiary/aromatic N) is 1. The van der Waals surface area contributed by atoms with Gasteiger partial charge in [0.25, 0.3) is 5.91 Å². The van der Waals surface area contributed by atoms with E-state index >= 15 is 0 Å². The van der Waals surface area contributed by atoms with Gasteiger partial charge in [-0.1, -0.05) is 20.8 Å². The molecule has 106 valence electrons. The minimum Gasteiger partial charge on any atom is -0.369 e. The third-order valence-corrected chi connectivity index (χ3v) is 2.80. The van der Waals surface area contributed by atoms with E-state index in [2.05, 4.69) is 36.4 Å². The van der Waals surface area contributed by atoms with Crippen LogP contribution in [0.1, 0.15) is 50.9 Å². The molecule has 2 N–H and O–H groups in total. The molecule has 1 aromatic rings. The Balaban J connectivity index is 2.70. The second-order valence-corrected chi connectivity index (χ2v) is 5.33. The minimum absolute atomic E-state index is 0.0557. The van der Waals surface area contributed by atoms with Crippen molar-refractivity contribution < 1.29 is 4.79 Å². The van der Waals surface area contributed by atoms with Crippen LogP contribution in [0.25, 0.3) is 0 Å². The highest BCUT2D eigenvalue weighted by Gasteiger charge is 2.14. The van der Waals surface area contributed by atoms with Crippen LogP contribution >= 0.6 is 0 Å². The van der Waals surface area contributed by atoms with Crippen LogP contribution in [0.2, 0.25) is 0 Å². The molecule has 0 bridgehead atoms. The van der Waals surface area contributed by atoms with E-state index in [0.29, 0.717) is 17.3 Å². The summed E-state index contributed by atoms with van der Waals surface area (Å²) in [5, 5.41) is 6.21. The topological polar surface area (TPSA) is 54.0 Å². The maximum absolute atomic E-state index is 12.2. The second kappa shape index (κ2) is 7.77. The fourth-order valence-corrected chi connectivity index (χ4v) is 2.04. The largest absolute Gasteiger partial charge is 0.369 e. The van der Waals surface area contributed by atoms with Crippen LogP contribution in [0.4, 0.5) is 5.82 Å². The first-order valence-electron chi connectivity index (χ1n) is 7.04. The summed E-state index contributed by atoms with van der Waals surface area (Å²) in [5.41, 5.74) is 0.617. The number of nitrogens with one attached hydrogen (secondary N) is 2. The fraction of sp³-hybridized carbons (Fsp3) is 0.600. The van der Waals surface area contributed by atoms with E-state index < -0.39 is 0 Å². The van der Waals surface area contributed by atoms with Gasteiger partial charge in [-0.3, -0.25) is 4.79 Å². The van der Waals surface area contributed by atoms with Crippen molar-refractivity contribution in [3.8, 4) is 0 Å². The lowest BCUT2D eigenvalue weighted by Crippen LogP contribution is -2.34. The van der Waals surface area contributed by atoms with E-state index in [1.165, 1.54) is 0 Å². The monoisotopic (exact) mass is 263 g/mol. The number of hydrogen-bond acceptors (Lipinski definition) is 3. The number of aromatic nitrogens is 1. The number of amides is 1. The zero-order valence-corrected chi connectivity index (χ0v) is 12.4. The molecule has 0 aliphatic heterocycles. The predicted octanol–water partition coefficient (Wildman–Crippen LogP) is 3.07. The van der Waals surface area contributed by atoms with E-state index in [0.717, 1.165) is 19.4 Å². The lowest BCUT2D eigenvalue weighted by molar-refractivity contribution is 0.0936. The summed E-state index contributed by atoms with van der Waals surface area (Å²) in [7, 11) is 0. The Kier molecular flexibility index (Phi) is 6.33. The molecular formula is C15H25N3O. The number of hydrogen-bond donors (Lipinski definition) is 2. The Morgan fingerprint density at radius 3 is 2.74 bits per heavy atom. The van der Waals surface area contributed by atoms with Gasteiger partial charge < -0.3 is 10.6 Å². The van der Waals surface area contributed by atoms with Gasteiger partial charge in [-0.15, -0.1) is 0 Å². The van der Waals surface area contributed by atoms with Gasteiger partial charge >= 0.3 is 0 Å². The number of pyridine rings is 1. The molecule has 1 unspecified atom stereocenters. The standard InChI is InChI=1S/C15H25N3O/c1-5-8-16-14-13(7-6-9-17-14)15(19)18-12(4)10-11(2)3/h6-7,9,11-12H,5,8,10H2,1-4H3,(H,16,17)(H,18,19). The van der Waals surface area contributed by atoms with Gasteiger partial charge in [0.05, 0.1) is 5.56 Å². The molecule has 1 amide bonds. The third kappa shape index (κ3) is 5.28. The lowest BCUT2D eigenvalue weighted by Gasteiger charge is -2.17. The summed E-state index contributed by atoms with van der Waals surface area (Å²) in [6.45, 7) is 9.24. The summed E-state index contributed by atoms with van der Waals surface area (Å²) in [4.78, 5) is 16.5. The Labute approximate surface area is 116 Å². The Morgan fingerprint density at radius 2 is 2.11 bits per heavy atom. The van der Waals surface area contributed by atoms with Gasteiger partial charge in [0.2, 0.25) is 0 Å². The summed E-state index contributed by atoms with van der Waals surface area (Å²) >= 11 is 0. The molecule has 0 aliphatic rings. The molecule has 0 radical (unpaired) electrons. The first kappa shape index (κ1) is 15.5. The van der Waals surface area contributed by atoms with Gasteiger partial charge in [0.1, 0.15) is 5.82 Å². The van der Waals surface area contributed by atoms with Crippen LogP contribution < -0.4 is 10.6 Å². The number of rotatable bonds is 7. The Morgan fingerprint density at radius 1 is 1.37 bits per heavy atom. The molecule has 1 atom stereocenters. The van der Waals surface area contributed by atoms with Crippen LogP contribution in [-0.2, 0) is 0 Å². The molecule has 1 heterocycles. The van der Waals surface area contributed by atoms with Crippen molar-refractivity contribution >= 4 is 11.7 Å². The SMILES string of the molecule is CCCNc1ncccc1C(=O)NC(C)CC(C)C. The predicted molar refractivity (Wildman–Crippen MR) is 79.4 cm³/mol. The molecule has 0 aliphatic carbocycles. The van der Waals surface area contributed by atoms with Gasteiger partial charge in [0, 0.05) is 18.8 Å². The molecule has 0 spiro atoms. The fourth-order valence-electron chi connectivity index (χ4n) is 2.04. The third-order valence-electron chi connectivity index (χ3n) is 2.80. The molecular weight excluding hydrogens is 238 g/mol. The Hall–Kier alpha value is -1.58. The second-order valence-electron chi connectivity index (χ2n) is 5.33. The molecule has 4 heteroatoms.